The fourth-order valence-electron chi connectivity index (χ4n) is 2.51. The van der Waals surface area contributed by atoms with Crippen molar-refractivity contribution in [3.8, 4) is 0 Å². The van der Waals surface area contributed by atoms with E-state index in [4.69, 9.17) is 0 Å². The highest BCUT2D eigenvalue weighted by Gasteiger charge is 2.30. The van der Waals surface area contributed by atoms with E-state index < -0.39 is 0 Å². The normalized spacial score (nSPS) is 21.6. The second-order valence-corrected chi connectivity index (χ2v) is 6.64. The topological polar surface area (TPSA) is 41.1 Å². The third-order valence-corrected chi connectivity index (χ3v) is 4.59. The summed E-state index contributed by atoms with van der Waals surface area (Å²) in [6.07, 6.45) is 2.36. The van der Waals surface area contributed by atoms with Crippen molar-refractivity contribution in [2.45, 2.75) is 38.6 Å². The van der Waals surface area contributed by atoms with Crippen molar-refractivity contribution in [2.24, 2.45) is 5.92 Å². The van der Waals surface area contributed by atoms with Crippen molar-refractivity contribution in [1.29, 1.82) is 0 Å². The van der Waals surface area contributed by atoms with Crippen molar-refractivity contribution >= 4 is 21.8 Å². The zero-order valence-electron chi connectivity index (χ0n) is 12.2. The summed E-state index contributed by atoms with van der Waals surface area (Å²) in [7, 11) is 0. The average molecular weight is 339 g/mol. The van der Waals surface area contributed by atoms with Crippen LogP contribution >= 0.6 is 15.9 Å². The Kier molecular flexibility index (Phi) is 5.61. The van der Waals surface area contributed by atoms with Crippen LogP contribution in [0.3, 0.4) is 0 Å². The van der Waals surface area contributed by atoms with Gasteiger partial charge in [-0.15, -0.1) is 0 Å². The zero-order chi connectivity index (χ0) is 14.5. The van der Waals surface area contributed by atoms with Crippen LogP contribution < -0.4 is 10.6 Å². The first-order valence-electron chi connectivity index (χ1n) is 7.33. The third-order valence-electron chi connectivity index (χ3n) is 3.86. The van der Waals surface area contributed by atoms with Crippen molar-refractivity contribution in [2.75, 3.05) is 13.1 Å². The Morgan fingerprint density at radius 3 is 2.65 bits per heavy atom. The lowest BCUT2D eigenvalue weighted by Crippen LogP contribution is -2.44. The number of amides is 1. The van der Waals surface area contributed by atoms with Gasteiger partial charge in [0.2, 0.25) is 5.91 Å². The smallest absolute Gasteiger partial charge is 0.222 e. The van der Waals surface area contributed by atoms with E-state index in [1.54, 1.807) is 0 Å². The molecular weight excluding hydrogens is 316 g/mol. The lowest BCUT2D eigenvalue weighted by Gasteiger charge is -2.37. The first-order chi connectivity index (χ1) is 9.58. The summed E-state index contributed by atoms with van der Waals surface area (Å²) < 4.78 is 1.22. The van der Waals surface area contributed by atoms with Crippen LogP contribution in [0.15, 0.2) is 28.7 Å². The molecule has 1 fully saturated rings. The monoisotopic (exact) mass is 338 g/mol. The molecule has 1 amide bonds. The second kappa shape index (κ2) is 7.23. The van der Waals surface area contributed by atoms with E-state index in [1.165, 1.54) is 22.9 Å². The van der Waals surface area contributed by atoms with Gasteiger partial charge >= 0.3 is 0 Å². The molecule has 0 spiro atoms. The van der Waals surface area contributed by atoms with Gasteiger partial charge in [0.25, 0.3) is 0 Å². The first-order valence-corrected chi connectivity index (χ1v) is 8.12. The standard InChI is InChI=1S/C16H23BrN2O/c1-11(2)16(20)19-8-7-18-13-9-12(10-13)14-5-3-4-6-15(14)17/h3-6,11-13,18H,7-10H2,1-2H3,(H,19,20). The van der Waals surface area contributed by atoms with Gasteiger partial charge in [-0.2, -0.15) is 0 Å². The molecule has 3 nitrogen and oxygen atoms in total. The van der Waals surface area contributed by atoms with Crippen LogP contribution in [0, 0.1) is 5.92 Å². The van der Waals surface area contributed by atoms with Crippen LogP contribution in [0.25, 0.3) is 0 Å². The van der Waals surface area contributed by atoms with Gasteiger partial charge in [0.15, 0.2) is 0 Å². The van der Waals surface area contributed by atoms with Crippen molar-refractivity contribution in [3.05, 3.63) is 34.3 Å². The highest BCUT2D eigenvalue weighted by atomic mass is 79.9. The molecule has 1 saturated carbocycles. The van der Waals surface area contributed by atoms with Gasteiger partial charge in [-0.25, -0.2) is 0 Å². The van der Waals surface area contributed by atoms with Gasteiger partial charge in [0, 0.05) is 29.5 Å². The van der Waals surface area contributed by atoms with E-state index in [0.717, 1.165) is 6.54 Å². The molecule has 110 valence electrons. The predicted molar refractivity (Wildman–Crippen MR) is 85.8 cm³/mol. The van der Waals surface area contributed by atoms with Crippen molar-refractivity contribution in [1.82, 2.24) is 10.6 Å². The fraction of sp³-hybridized carbons (Fsp3) is 0.562. The zero-order valence-corrected chi connectivity index (χ0v) is 13.7. The van der Waals surface area contributed by atoms with E-state index in [1.807, 2.05) is 13.8 Å². The van der Waals surface area contributed by atoms with Crippen LogP contribution in [-0.4, -0.2) is 25.0 Å². The predicted octanol–water partition coefficient (Wildman–Crippen LogP) is 3.06. The Hall–Kier alpha value is -0.870. The Labute approximate surface area is 129 Å². The lowest BCUT2D eigenvalue weighted by molar-refractivity contribution is -0.123. The largest absolute Gasteiger partial charge is 0.355 e. The quantitative estimate of drug-likeness (QED) is 0.782. The highest BCUT2D eigenvalue weighted by Crippen LogP contribution is 2.39. The number of hydrogen-bond donors (Lipinski definition) is 2. The molecule has 1 aromatic carbocycles. The van der Waals surface area contributed by atoms with Crippen LogP contribution in [0.4, 0.5) is 0 Å². The van der Waals surface area contributed by atoms with E-state index in [-0.39, 0.29) is 11.8 Å². The summed E-state index contributed by atoms with van der Waals surface area (Å²) in [6.45, 7) is 5.40. The maximum Gasteiger partial charge on any atom is 0.222 e. The molecule has 2 rings (SSSR count). The molecule has 0 atom stereocenters. The summed E-state index contributed by atoms with van der Waals surface area (Å²) in [5.74, 6) is 0.860. The summed E-state index contributed by atoms with van der Waals surface area (Å²) in [5.41, 5.74) is 1.42. The molecular formula is C16H23BrN2O. The SMILES string of the molecule is CC(C)C(=O)NCCNC1CC(c2ccccc2Br)C1. The minimum absolute atomic E-state index is 0.0681. The van der Waals surface area contributed by atoms with Crippen LogP contribution in [0.5, 0.6) is 0 Å². The molecule has 1 aliphatic rings. The van der Waals surface area contributed by atoms with E-state index in [9.17, 15) is 4.79 Å². The molecule has 0 saturated heterocycles. The van der Waals surface area contributed by atoms with E-state index in [0.29, 0.717) is 18.5 Å². The minimum Gasteiger partial charge on any atom is -0.355 e. The number of hydrogen-bond acceptors (Lipinski definition) is 2. The minimum atomic E-state index is 0.0681. The summed E-state index contributed by atoms with van der Waals surface area (Å²) >= 11 is 3.62. The molecule has 2 N–H and O–H groups in total. The maximum atomic E-state index is 11.4. The van der Waals surface area contributed by atoms with Crippen LogP contribution in [0.1, 0.15) is 38.2 Å². The lowest BCUT2D eigenvalue weighted by atomic mass is 9.76. The molecule has 1 aromatic rings. The molecule has 4 heteroatoms. The van der Waals surface area contributed by atoms with Crippen LogP contribution in [-0.2, 0) is 4.79 Å². The number of carbonyl (C=O) groups excluding carboxylic acids is 1. The number of nitrogens with one attached hydrogen (secondary N) is 2. The molecule has 20 heavy (non-hydrogen) atoms. The molecule has 0 radical (unpaired) electrons. The van der Waals surface area contributed by atoms with Gasteiger partial charge < -0.3 is 10.6 Å². The maximum absolute atomic E-state index is 11.4. The summed E-state index contributed by atoms with van der Waals surface area (Å²) in [4.78, 5) is 11.4. The number of carbonyl (C=O) groups is 1. The Balaban J connectivity index is 1.63. The molecule has 0 bridgehead atoms. The summed E-state index contributed by atoms with van der Waals surface area (Å²) in [5, 5.41) is 6.43. The Morgan fingerprint density at radius 1 is 1.30 bits per heavy atom. The summed E-state index contributed by atoms with van der Waals surface area (Å²) in [6, 6.07) is 9.05. The second-order valence-electron chi connectivity index (χ2n) is 5.79. The third kappa shape index (κ3) is 4.06. The van der Waals surface area contributed by atoms with Crippen molar-refractivity contribution in [3.63, 3.8) is 0 Å². The molecule has 0 heterocycles. The van der Waals surface area contributed by atoms with E-state index in [2.05, 4.69) is 50.8 Å². The number of benzene rings is 1. The van der Waals surface area contributed by atoms with Gasteiger partial charge in [0.05, 0.1) is 0 Å². The molecule has 1 aliphatic carbocycles. The van der Waals surface area contributed by atoms with Gasteiger partial charge in [-0.05, 0) is 30.4 Å². The van der Waals surface area contributed by atoms with Gasteiger partial charge in [-0.1, -0.05) is 48.0 Å². The molecule has 0 aliphatic heterocycles. The van der Waals surface area contributed by atoms with E-state index >= 15 is 0 Å². The molecule has 0 aromatic heterocycles. The average Bonchev–Trinajstić information content (AvgIpc) is 2.37. The number of rotatable bonds is 6. The Morgan fingerprint density at radius 2 is 2.00 bits per heavy atom. The fourth-order valence-corrected chi connectivity index (χ4v) is 3.12. The van der Waals surface area contributed by atoms with Crippen molar-refractivity contribution < 1.29 is 4.79 Å². The number of halogens is 1. The van der Waals surface area contributed by atoms with Gasteiger partial charge in [0.1, 0.15) is 0 Å². The Bertz CT molecular complexity index is 456. The first kappa shape index (κ1) is 15.5. The van der Waals surface area contributed by atoms with Crippen LogP contribution in [0.2, 0.25) is 0 Å². The highest BCUT2D eigenvalue weighted by molar-refractivity contribution is 9.10. The van der Waals surface area contributed by atoms with Gasteiger partial charge in [-0.3, -0.25) is 4.79 Å². The molecule has 0 unspecified atom stereocenters.